The maximum atomic E-state index is 12.2. The van der Waals surface area contributed by atoms with Crippen LogP contribution in [0.25, 0.3) is 0 Å². The summed E-state index contributed by atoms with van der Waals surface area (Å²) in [6.45, 7) is 0.433. The summed E-state index contributed by atoms with van der Waals surface area (Å²) in [6.07, 6.45) is 0. The van der Waals surface area contributed by atoms with Crippen molar-refractivity contribution in [3.05, 3.63) is 35.4 Å². The van der Waals surface area contributed by atoms with Crippen LogP contribution in [0.4, 0.5) is 4.39 Å². The summed E-state index contributed by atoms with van der Waals surface area (Å²) in [5.41, 5.74) is 1.03. The molecule has 0 heterocycles. The van der Waals surface area contributed by atoms with Crippen molar-refractivity contribution in [2.45, 2.75) is 12.8 Å². The topological polar surface area (TPSA) is 54.4 Å². The Morgan fingerprint density at radius 2 is 2.00 bits per heavy atom. The fourth-order valence-corrected chi connectivity index (χ4v) is 1.43. The van der Waals surface area contributed by atoms with Crippen LogP contribution < -0.4 is 0 Å². The first kappa shape index (κ1) is 11.4. The van der Waals surface area contributed by atoms with Gasteiger partial charge in [-0.1, -0.05) is 24.3 Å². The van der Waals surface area contributed by atoms with E-state index >= 15 is 0 Å². The van der Waals surface area contributed by atoms with Crippen molar-refractivity contribution in [2.75, 3.05) is 6.67 Å². The van der Waals surface area contributed by atoms with E-state index in [1.807, 2.05) is 0 Å². The lowest BCUT2D eigenvalue weighted by Gasteiger charge is -2.12. The van der Waals surface area contributed by atoms with E-state index in [9.17, 15) is 14.0 Å². The quantitative estimate of drug-likeness (QED) is 0.769. The lowest BCUT2D eigenvalue weighted by atomic mass is 9.92. The number of carbonyl (C=O) groups is 2. The van der Waals surface area contributed by atoms with Gasteiger partial charge in [0, 0.05) is 0 Å². The second-order valence-electron chi connectivity index (χ2n) is 3.23. The Kier molecular flexibility index (Phi) is 3.55. The van der Waals surface area contributed by atoms with Crippen LogP contribution in [0.1, 0.15) is 17.0 Å². The maximum Gasteiger partial charge on any atom is 0.318 e. The zero-order valence-corrected chi connectivity index (χ0v) is 8.24. The number of carboxylic acid groups (broad SMARTS) is 1. The van der Waals surface area contributed by atoms with Gasteiger partial charge in [0.1, 0.15) is 12.6 Å². The molecule has 0 aromatic heterocycles. The molecule has 0 aliphatic rings. The molecule has 0 bridgehead atoms. The van der Waals surface area contributed by atoms with E-state index in [-0.39, 0.29) is 0 Å². The van der Waals surface area contributed by atoms with E-state index in [2.05, 4.69) is 0 Å². The Morgan fingerprint density at radius 3 is 2.47 bits per heavy atom. The average Bonchev–Trinajstić information content (AvgIpc) is 2.20. The van der Waals surface area contributed by atoms with Crippen molar-refractivity contribution in [3.63, 3.8) is 0 Å². The first-order valence-electron chi connectivity index (χ1n) is 4.45. The van der Waals surface area contributed by atoms with Crippen LogP contribution in [0.15, 0.2) is 24.3 Å². The standard InChI is InChI=1S/C11H11FO3/c1-7-4-2-3-5-8(7)10(11(14)15)9(13)6-12/h2-5,10H,6H2,1H3,(H,14,15). The lowest BCUT2D eigenvalue weighted by molar-refractivity contribution is -0.142. The Bertz CT molecular complexity index is 387. The SMILES string of the molecule is Cc1ccccc1C(C(=O)O)C(=O)CF. The summed E-state index contributed by atoms with van der Waals surface area (Å²) in [5, 5.41) is 8.87. The van der Waals surface area contributed by atoms with Crippen LogP contribution in [-0.4, -0.2) is 23.5 Å². The van der Waals surface area contributed by atoms with E-state index in [1.165, 1.54) is 6.07 Å². The van der Waals surface area contributed by atoms with Gasteiger partial charge in [0.05, 0.1) is 0 Å². The number of rotatable bonds is 4. The van der Waals surface area contributed by atoms with E-state index in [4.69, 9.17) is 5.11 Å². The minimum absolute atomic E-state index is 0.354. The Morgan fingerprint density at radius 1 is 1.40 bits per heavy atom. The number of aliphatic carboxylic acids is 1. The number of carboxylic acids is 1. The van der Waals surface area contributed by atoms with Crippen molar-refractivity contribution < 1.29 is 19.1 Å². The minimum Gasteiger partial charge on any atom is -0.480 e. The molecule has 0 fully saturated rings. The van der Waals surface area contributed by atoms with Crippen molar-refractivity contribution in [2.24, 2.45) is 0 Å². The van der Waals surface area contributed by atoms with E-state index in [1.54, 1.807) is 25.1 Å². The number of benzene rings is 1. The molecule has 0 saturated carbocycles. The average molecular weight is 210 g/mol. The molecule has 0 amide bonds. The molecular weight excluding hydrogens is 199 g/mol. The van der Waals surface area contributed by atoms with Gasteiger partial charge >= 0.3 is 5.97 Å². The van der Waals surface area contributed by atoms with Crippen LogP contribution in [0.5, 0.6) is 0 Å². The third-order valence-electron chi connectivity index (χ3n) is 2.20. The first-order valence-corrected chi connectivity index (χ1v) is 4.45. The molecule has 1 rings (SSSR count). The number of aryl methyl sites for hydroxylation is 1. The molecule has 0 spiro atoms. The monoisotopic (exact) mass is 210 g/mol. The van der Waals surface area contributed by atoms with E-state index in [0.29, 0.717) is 11.1 Å². The Labute approximate surface area is 86.5 Å². The van der Waals surface area contributed by atoms with Gasteiger partial charge in [-0.05, 0) is 18.1 Å². The highest BCUT2D eigenvalue weighted by molar-refractivity contribution is 6.04. The fourth-order valence-electron chi connectivity index (χ4n) is 1.43. The number of carbonyl (C=O) groups excluding carboxylic acids is 1. The van der Waals surface area contributed by atoms with Crippen LogP contribution in [0.2, 0.25) is 0 Å². The van der Waals surface area contributed by atoms with Gasteiger partial charge in [0.2, 0.25) is 0 Å². The van der Waals surface area contributed by atoms with Crippen LogP contribution in [-0.2, 0) is 9.59 Å². The number of ketones is 1. The van der Waals surface area contributed by atoms with Crippen molar-refractivity contribution >= 4 is 11.8 Å². The highest BCUT2D eigenvalue weighted by Gasteiger charge is 2.28. The zero-order chi connectivity index (χ0) is 11.4. The molecule has 0 aliphatic carbocycles. The highest BCUT2D eigenvalue weighted by Crippen LogP contribution is 2.21. The van der Waals surface area contributed by atoms with Gasteiger partial charge in [0.25, 0.3) is 0 Å². The Hall–Kier alpha value is -1.71. The molecule has 80 valence electrons. The Balaban J connectivity index is 3.16. The third kappa shape index (κ3) is 2.40. The summed E-state index contributed by atoms with van der Waals surface area (Å²) in [6, 6.07) is 6.58. The molecule has 4 heteroatoms. The molecule has 1 aromatic rings. The molecule has 0 aliphatic heterocycles. The smallest absolute Gasteiger partial charge is 0.318 e. The van der Waals surface area contributed by atoms with Gasteiger partial charge in [-0.15, -0.1) is 0 Å². The van der Waals surface area contributed by atoms with Gasteiger partial charge in [-0.25, -0.2) is 4.39 Å². The molecule has 3 nitrogen and oxygen atoms in total. The molecule has 1 aromatic carbocycles. The van der Waals surface area contributed by atoms with Gasteiger partial charge in [0.15, 0.2) is 5.78 Å². The van der Waals surface area contributed by atoms with Crippen LogP contribution >= 0.6 is 0 Å². The predicted octanol–water partition coefficient (Wildman–Crippen LogP) is 1.70. The zero-order valence-electron chi connectivity index (χ0n) is 8.24. The molecule has 15 heavy (non-hydrogen) atoms. The molecule has 1 atom stereocenters. The summed E-state index contributed by atoms with van der Waals surface area (Å²) in [5.74, 6) is -3.63. The first-order chi connectivity index (χ1) is 7.07. The van der Waals surface area contributed by atoms with Crippen molar-refractivity contribution in [3.8, 4) is 0 Å². The summed E-state index contributed by atoms with van der Waals surface area (Å²) in [7, 11) is 0. The highest BCUT2D eigenvalue weighted by atomic mass is 19.1. The fraction of sp³-hybridized carbons (Fsp3) is 0.273. The largest absolute Gasteiger partial charge is 0.480 e. The lowest BCUT2D eigenvalue weighted by Crippen LogP contribution is -2.23. The van der Waals surface area contributed by atoms with Crippen molar-refractivity contribution in [1.29, 1.82) is 0 Å². The summed E-state index contributed by atoms with van der Waals surface area (Å²) >= 11 is 0. The third-order valence-corrected chi connectivity index (χ3v) is 2.20. The minimum atomic E-state index is -1.39. The number of hydrogen-bond donors (Lipinski definition) is 1. The second-order valence-corrected chi connectivity index (χ2v) is 3.23. The van der Waals surface area contributed by atoms with Crippen molar-refractivity contribution in [1.82, 2.24) is 0 Å². The predicted molar refractivity (Wildman–Crippen MR) is 52.5 cm³/mol. The number of alkyl halides is 1. The second kappa shape index (κ2) is 4.68. The van der Waals surface area contributed by atoms with Crippen LogP contribution in [0.3, 0.4) is 0 Å². The summed E-state index contributed by atoms with van der Waals surface area (Å²) < 4.78 is 12.2. The van der Waals surface area contributed by atoms with E-state index in [0.717, 1.165) is 0 Å². The molecule has 0 saturated heterocycles. The normalized spacial score (nSPS) is 12.1. The van der Waals surface area contributed by atoms with Gasteiger partial charge < -0.3 is 5.11 Å². The molecule has 0 radical (unpaired) electrons. The number of hydrogen-bond acceptors (Lipinski definition) is 2. The molecular formula is C11H11FO3. The number of Topliss-reactive ketones (excluding diaryl/α,β-unsaturated/α-hetero) is 1. The van der Waals surface area contributed by atoms with Gasteiger partial charge in [-0.3, -0.25) is 9.59 Å². The molecule has 1 unspecified atom stereocenters. The van der Waals surface area contributed by atoms with Gasteiger partial charge in [-0.2, -0.15) is 0 Å². The molecule has 1 N–H and O–H groups in total. The van der Waals surface area contributed by atoms with Crippen LogP contribution in [0, 0.1) is 6.92 Å². The van der Waals surface area contributed by atoms with E-state index < -0.39 is 24.3 Å². The summed E-state index contributed by atoms with van der Waals surface area (Å²) in [4.78, 5) is 22.0. The maximum absolute atomic E-state index is 12.2. The number of halogens is 1.